The van der Waals surface area contributed by atoms with Gasteiger partial charge in [0.25, 0.3) is 0 Å². The van der Waals surface area contributed by atoms with Gasteiger partial charge in [-0.1, -0.05) is 0 Å². The van der Waals surface area contributed by atoms with E-state index in [-0.39, 0.29) is 13.0 Å². The summed E-state index contributed by atoms with van der Waals surface area (Å²) in [5.41, 5.74) is -0.436. The summed E-state index contributed by atoms with van der Waals surface area (Å²) < 4.78 is 0. The van der Waals surface area contributed by atoms with Gasteiger partial charge in [0.1, 0.15) is 6.29 Å². The first-order valence-electron chi connectivity index (χ1n) is 3.84. The smallest absolute Gasteiger partial charge is 0.407 e. The van der Waals surface area contributed by atoms with E-state index in [2.05, 4.69) is 0 Å². The topological polar surface area (TPSA) is 57.6 Å². The summed E-state index contributed by atoms with van der Waals surface area (Å²) in [6.45, 7) is 5.66. The lowest BCUT2D eigenvalue weighted by Gasteiger charge is -2.32. The molecule has 0 fully saturated rings. The molecule has 0 radical (unpaired) electrons. The zero-order chi connectivity index (χ0) is 9.78. The quantitative estimate of drug-likeness (QED) is 0.655. The number of hydrogen-bond acceptors (Lipinski definition) is 2. The van der Waals surface area contributed by atoms with E-state index in [1.807, 2.05) is 0 Å². The fourth-order valence-corrected chi connectivity index (χ4v) is 0.900. The number of rotatable bonds is 3. The van der Waals surface area contributed by atoms with Crippen LogP contribution in [0.3, 0.4) is 0 Å². The van der Waals surface area contributed by atoms with Crippen molar-refractivity contribution in [3.05, 3.63) is 0 Å². The molecule has 0 spiro atoms. The van der Waals surface area contributed by atoms with Crippen molar-refractivity contribution < 1.29 is 14.7 Å². The van der Waals surface area contributed by atoms with Crippen LogP contribution in [0.4, 0.5) is 4.79 Å². The Balaban J connectivity index is 4.24. The van der Waals surface area contributed by atoms with Gasteiger partial charge in [0.15, 0.2) is 0 Å². The van der Waals surface area contributed by atoms with Gasteiger partial charge in [-0.3, -0.25) is 0 Å². The Morgan fingerprint density at radius 3 is 2.25 bits per heavy atom. The van der Waals surface area contributed by atoms with Gasteiger partial charge in [-0.15, -0.1) is 0 Å². The van der Waals surface area contributed by atoms with Crippen molar-refractivity contribution in [2.24, 2.45) is 0 Å². The predicted molar refractivity (Wildman–Crippen MR) is 45.2 cm³/mol. The molecule has 0 aromatic rings. The number of aldehydes is 1. The number of carbonyl (C=O) groups is 2. The largest absolute Gasteiger partial charge is 0.465 e. The summed E-state index contributed by atoms with van der Waals surface area (Å²) in [7, 11) is 0. The van der Waals surface area contributed by atoms with Crippen molar-refractivity contribution in [3.8, 4) is 0 Å². The van der Waals surface area contributed by atoms with Gasteiger partial charge in [-0.05, 0) is 20.8 Å². The Hall–Kier alpha value is -1.06. The zero-order valence-corrected chi connectivity index (χ0v) is 7.70. The molecule has 0 bridgehead atoms. The fraction of sp³-hybridized carbons (Fsp3) is 0.750. The van der Waals surface area contributed by atoms with Crippen LogP contribution in [-0.2, 0) is 4.79 Å². The molecular weight excluding hydrogens is 158 g/mol. The monoisotopic (exact) mass is 173 g/mol. The molecule has 4 heteroatoms. The van der Waals surface area contributed by atoms with Crippen molar-refractivity contribution in [2.75, 3.05) is 6.54 Å². The van der Waals surface area contributed by atoms with Crippen LogP contribution in [0.25, 0.3) is 0 Å². The van der Waals surface area contributed by atoms with Crippen LogP contribution in [0.5, 0.6) is 0 Å². The molecule has 0 heterocycles. The van der Waals surface area contributed by atoms with Crippen LogP contribution in [0.1, 0.15) is 27.2 Å². The van der Waals surface area contributed by atoms with E-state index in [1.165, 1.54) is 4.90 Å². The molecule has 0 aliphatic heterocycles. The maximum Gasteiger partial charge on any atom is 0.407 e. The van der Waals surface area contributed by atoms with Crippen LogP contribution in [0.15, 0.2) is 0 Å². The zero-order valence-electron chi connectivity index (χ0n) is 7.70. The van der Waals surface area contributed by atoms with Gasteiger partial charge in [0.2, 0.25) is 0 Å². The van der Waals surface area contributed by atoms with Gasteiger partial charge < -0.3 is 14.8 Å². The Kier molecular flexibility index (Phi) is 3.73. The van der Waals surface area contributed by atoms with Gasteiger partial charge in [-0.2, -0.15) is 0 Å². The van der Waals surface area contributed by atoms with Gasteiger partial charge in [-0.25, -0.2) is 4.79 Å². The lowest BCUT2D eigenvalue weighted by Crippen LogP contribution is -2.45. The van der Waals surface area contributed by atoms with E-state index in [0.717, 1.165) is 6.29 Å². The third-order valence-electron chi connectivity index (χ3n) is 1.51. The molecule has 0 saturated carbocycles. The van der Waals surface area contributed by atoms with Crippen molar-refractivity contribution in [1.82, 2.24) is 4.90 Å². The highest BCUT2D eigenvalue weighted by Gasteiger charge is 2.24. The van der Waals surface area contributed by atoms with Gasteiger partial charge >= 0.3 is 6.09 Å². The van der Waals surface area contributed by atoms with Gasteiger partial charge in [0.05, 0.1) is 0 Å². The standard InChI is InChI=1S/C8H15NO3/c1-8(2,3)9(7(11)12)5-4-6-10/h6H,4-5H2,1-3H3,(H,11,12). The highest BCUT2D eigenvalue weighted by molar-refractivity contribution is 5.66. The Morgan fingerprint density at radius 1 is 1.50 bits per heavy atom. The van der Waals surface area contributed by atoms with E-state index < -0.39 is 11.6 Å². The van der Waals surface area contributed by atoms with Crippen molar-refractivity contribution in [2.45, 2.75) is 32.7 Å². The van der Waals surface area contributed by atoms with E-state index in [0.29, 0.717) is 0 Å². The van der Waals surface area contributed by atoms with Crippen LogP contribution in [0.2, 0.25) is 0 Å². The summed E-state index contributed by atoms with van der Waals surface area (Å²) >= 11 is 0. The summed E-state index contributed by atoms with van der Waals surface area (Å²) in [4.78, 5) is 22.0. The predicted octanol–water partition coefficient (Wildman–Crippen LogP) is 1.35. The van der Waals surface area contributed by atoms with Crippen LogP contribution >= 0.6 is 0 Å². The molecule has 4 nitrogen and oxygen atoms in total. The second-order valence-electron chi connectivity index (χ2n) is 3.56. The highest BCUT2D eigenvalue weighted by Crippen LogP contribution is 2.13. The number of amides is 1. The highest BCUT2D eigenvalue weighted by atomic mass is 16.4. The first-order valence-corrected chi connectivity index (χ1v) is 3.84. The third kappa shape index (κ3) is 3.37. The molecule has 0 unspecified atom stereocenters. The Morgan fingerprint density at radius 2 is 2.00 bits per heavy atom. The molecular formula is C8H15NO3. The minimum absolute atomic E-state index is 0.254. The lowest BCUT2D eigenvalue weighted by molar-refractivity contribution is -0.108. The molecule has 0 rings (SSSR count). The molecule has 0 atom stereocenters. The maximum atomic E-state index is 10.7. The van der Waals surface area contributed by atoms with E-state index >= 15 is 0 Å². The maximum absolute atomic E-state index is 10.7. The molecule has 1 amide bonds. The summed E-state index contributed by atoms with van der Waals surface area (Å²) in [5, 5.41) is 8.75. The van der Waals surface area contributed by atoms with Crippen LogP contribution in [0, 0.1) is 0 Å². The molecule has 0 aliphatic carbocycles. The minimum atomic E-state index is -0.982. The molecule has 0 saturated heterocycles. The Bertz CT molecular complexity index is 172. The SMILES string of the molecule is CC(C)(C)N(CCC=O)C(=O)O. The first-order chi connectivity index (χ1) is 5.39. The number of carboxylic acid groups (broad SMARTS) is 1. The second kappa shape index (κ2) is 4.09. The summed E-state index contributed by atoms with van der Waals surface area (Å²) in [6.07, 6.45) is -0.00465. The number of carbonyl (C=O) groups excluding carboxylic acids is 1. The van der Waals surface area contributed by atoms with Gasteiger partial charge in [0, 0.05) is 18.5 Å². The Labute approximate surface area is 72.2 Å². The fourth-order valence-electron chi connectivity index (χ4n) is 0.900. The number of hydrogen-bond donors (Lipinski definition) is 1. The molecule has 1 N–H and O–H groups in total. The van der Waals surface area contributed by atoms with E-state index in [9.17, 15) is 9.59 Å². The third-order valence-corrected chi connectivity index (χ3v) is 1.51. The lowest BCUT2D eigenvalue weighted by atomic mass is 10.1. The first kappa shape index (κ1) is 10.9. The minimum Gasteiger partial charge on any atom is -0.465 e. The van der Waals surface area contributed by atoms with E-state index in [1.54, 1.807) is 20.8 Å². The normalized spacial score (nSPS) is 10.9. The molecule has 12 heavy (non-hydrogen) atoms. The van der Waals surface area contributed by atoms with Crippen LogP contribution in [-0.4, -0.2) is 34.5 Å². The van der Waals surface area contributed by atoms with Crippen molar-refractivity contribution in [1.29, 1.82) is 0 Å². The molecule has 70 valence electrons. The summed E-state index contributed by atoms with van der Waals surface area (Å²) in [5.74, 6) is 0. The van der Waals surface area contributed by atoms with Crippen LogP contribution < -0.4 is 0 Å². The molecule has 0 aliphatic rings. The molecule has 0 aromatic carbocycles. The average Bonchev–Trinajstić information content (AvgIpc) is 1.84. The average molecular weight is 173 g/mol. The number of nitrogens with zero attached hydrogens (tertiary/aromatic N) is 1. The van der Waals surface area contributed by atoms with Crippen molar-refractivity contribution in [3.63, 3.8) is 0 Å². The van der Waals surface area contributed by atoms with Crippen molar-refractivity contribution >= 4 is 12.4 Å². The second-order valence-corrected chi connectivity index (χ2v) is 3.56. The summed E-state index contributed by atoms with van der Waals surface area (Å²) in [6, 6.07) is 0. The van der Waals surface area contributed by atoms with E-state index in [4.69, 9.17) is 5.11 Å². The molecule has 0 aromatic heterocycles.